The van der Waals surface area contributed by atoms with Crippen LogP contribution in [0.25, 0.3) is 21.9 Å². The lowest BCUT2D eigenvalue weighted by molar-refractivity contribution is -0.385. The maximum atomic E-state index is 12.7. The summed E-state index contributed by atoms with van der Waals surface area (Å²) >= 11 is 0. The van der Waals surface area contributed by atoms with Crippen molar-refractivity contribution in [3.8, 4) is 0 Å². The molecule has 1 aliphatic rings. The third-order valence-electron chi connectivity index (χ3n) is 5.71. The first-order chi connectivity index (χ1) is 14.9. The number of nitrogens with one attached hydrogen (secondary N) is 4. The summed E-state index contributed by atoms with van der Waals surface area (Å²) in [5.74, 6) is -0.198. The predicted molar refractivity (Wildman–Crippen MR) is 113 cm³/mol. The zero-order chi connectivity index (χ0) is 21.7. The molecule has 10 nitrogen and oxygen atoms in total. The van der Waals surface area contributed by atoms with E-state index < -0.39 is 16.0 Å². The van der Waals surface area contributed by atoms with Gasteiger partial charge in [-0.05, 0) is 23.6 Å². The first kappa shape index (κ1) is 18.8. The summed E-state index contributed by atoms with van der Waals surface area (Å²) in [4.78, 5) is 55.2. The summed E-state index contributed by atoms with van der Waals surface area (Å²) in [6.07, 6.45) is 2.55. The van der Waals surface area contributed by atoms with Crippen molar-refractivity contribution in [3.05, 3.63) is 84.0 Å². The second kappa shape index (κ2) is 6.94. The molecule has 2 heterocycles. The lowest BCUT2D eigenvalue weighted by atomic mass is 10.1. The number of nitro benzene ring substituents is 1. The van der Waals surface area contributed by atoms with Crippen LogP contribution in [-0.4, -0.2) is 31.8 Å². The minimum absolute atomic E-state index is 0.140. The number of nitrogens with zero attached hydrogens (tertiary/aromatic N) is 1. The molecular weight excluding hydrogens is 402 g/mol. The number of benzene rings is 2. The summed E-state index contributed by atoms with van der Waals surface area (Å²) in [7, 11) is 0. The van der Waals surface area contributed by atoms with Gasteiger partial charge in [0, 0.05) is 41.2 Å². The molecule has 2 aromatic carbocycles. The van der Waals surface area contributed by atoms with Crippen molar-refractivity contribution in [1.29, 1.82) is 0 Å². The van der Waals surface area contributed by atoms with Crippen molar-refractivity contribution >= 4 is 33.5 Å². The maximum Gasteiger partial charge on any atom is 0.314 e. The summed E-state index contributed by atoms with van der Waals surface area (Å²) in [5.41, 5.74) is 1.55. The number of carbonyl (C=O) groups is 1. The lowest BCUT2D eigenvalue weighted by Gasteiger charge is -2.11. The Morgan fingerprint density at radius 3 is 2.65 bits per heavy atom. The maximum absolute atomic E-state index is 12.7. The summed E-state index contributed by atoms with van der Waals surface area (Å²) in [6.45, 7) is 0. The largest absolute Gasteiger partial charge is 0.361 e. The number of para-hydroxylation sites is 1. The van der Waals surface area contributed by atoms with E-state index in [1.807, 2.05) is 24.3 Å². The third kappa shape index (κ3) is 3.18. The highest BCUT2D eigenvalue weighted by Gasteiger charge is 2.32. The van der Waals surface area contributed by atoms with Gasteiger partial charge in [0.1, 0.15) is 0 Å². The molecule has 0 saturated heterocycles. The number of carbonyl (C=O) groups excluding carboxylic acids is 1. The lowest BCUT2D eigenvalue weighted by Crippen LogP contribution is -2.36. The molecule has 1 unspecified atom stereocenters. The fraction of sp³-hybridized carbons (Fsp3) is 0.190. The van der Waals surface area contributed by atoms with Crippen LogP contribution in [-0.2, 0) is 24.1 Å². The number of aromatic amines is 3. The Labute approximate surface area is 173 Å². The molecule has 0 radical (unpaired) electrons. The monoisotopic (exact) mass is 419 g/mol. The number of hydrogen-bond acceptors (Lipinski definition) is 5. The van der Waals surface area contributed by atoms with E-state index in [-0.39, 0.29) is 36.0 Å². The Bertz CT molecular complexity index is 1500. The Balaban J connectivity index is 1.43. The number of hydrogen-bond donors (Lipinski definition) is 4. The van der Waals surface area contributed by atoms with Gasteiger partial charge in [0.05, 0.1) is 22.4 Å². The molecule has 0 aliphatic heterocycles. The first-order valence-electron chi connectivity index (χ1n) is 9.70. The predicted octanol–water partition coefficient (Wildman–Crippen LogP) is 1.43. The van der Waals surface area contributed by atoms with E-state index in [1.54, 1.807) is 6.20 Å². The fourth-order valence-corrected chi connectivity index (χ4v) is 4.37. The van der Waals surface area contributed by atoms with Crippen LogP contribution in [0.2, 0.25) is 0 Å². The quantitative estimate of drug-likeness (QED) is 0.224. The van der Waals surface area contributed by atoms with Crippen LogP contribution in [0, 0.1) is 10.1 Å². The third-order valence-corrected chi connectivity index (χ3v) is 5.71. The Morgan fingerprint density at radius 1 is 1.10 bits per heavy atom. The molecule has 4 aromatic rings. The van der Waals surface area contributed by atoms with Crippen LogP contribution in [0.15, 0.2) is 46.1 Å². The average molecular weight is 419 g/mol. The standard InChI is InChI=1S/C21H17N5O5/c27-18(5-10-9-22-15-4-2-1-3-12(10)15)23-11-6-13-14(7-11)19-16(8-17(13)26(30)31)24-20(28)21(29)25-19/h1-4,8-9,11,22H,5-7H2,(H,23,27)(H,24,28)(H,25,29). The van der Waals surface area contributed by atoms with Gasteiger partial charge in [-0.1, -0.05) is 18.2 Å². The normalized spacial score (nSPS) is 15.3. The van der Waals surface area contributed by atoms with Crippen molar-refractivity contribution in [2.24, 2.45) is 0 Å². The van der Waals surface area contributed by atoms with Crippen molar-refractivity contribution in [2.45, 2.75) is 25.3 Å². The van der Waals surface area contributed by atoms with Gasteiger partial charge in [-0.25, -0.2) is 0 Å². The first-order valence-corrected chi connectivity index (χ1v) is 9.70. The van der Waals surface area contributed by atoms with Gasteiger partial charge in [0.25, 0.3) is 5.69 Å². The topological polar surface area (TPSA) is 154 Å². The smallest absolute Gasteiger partial charge is 0.314 e. The van der Waals surface area contributed by atoms with Gasteiger partial charge in [-0.3, -0.25) is 24.5 Å². The van der Waals surface area contributed by atoms with E-state index in [9.17, 15) is 24.5 Å². The second-order valence-corrected chi connectivity index (χ2v) is 7.65. The van der Waals surface area contributed by atoms with Crippen molar-refractivity contribution < 1.29 is 9.72 Å². The number of aromatic nitrogens is 3. The van der Waals surface area contributed by atoms with E-state index >= 15 is 0 Å². The van der Waals surface area contributed by atoms with E-state index in [0.717, 1.165) is 16.5 Å². The molecular formula is C21H17N5O5. The van der Waals surface area contributed by atoms with Crippen molar-refractivity contribution in [3.63, 3.8) is 0 Å². The molecule has 31 heavy (non-hydrogen) atoms. The zero-order valence-corrected chi connectivity index (χ0v) is 16.2. The molecule has 1 amide bonds. The van der Waals surface area contributed by atoms with E-state index in [2.05, 4.69) is 20.3 Å². The highest BCUT2D eigenvalue weighted by molar-refractivity contribution is 5.89. The number of fused-ring (bicyclic) bond motifs is 4. The zero-order valence-electron chi connectivity index (χ0n) is 16.2. The van der Waals surface area contributed by atoms with Gasteiger partial charge in [0.15, 0.2) is 0 Å². The van der Waals surface area contributed by atoms with Crippen LogP contribution >= 0.6 is 0 Å². The number of amides is 1. The van der Waals surface area contributed by atoms with E-state index in [1.165, 1.54) is 6.07 Å². The molecule has 0 bridgehead atoms. The van der Waals surface area contributed by atoms with E-state index in [4.69, 9.17) is 0 Å². The van der Waals surface area contributed by atoms with Crippen LogP contribution in [0.1, 0.15) is 16.7 Å². The van der Waals surface area contributed by atoms with Crippen LogP contribution in [0.3, 0.4) is 0 Å². The molecule has 0 fully saturated rings. The molecule has 0 saturated carbocycles. The van der Waals surface area contributed by atoms with Crippen molar-refractivity contribution in [1.82, 2.24) is 20.3 Å². The van der Waals surface area contributed by atoms with Crippen molar-refractivity contribution in [2.75, 3.05) is 0 Å². The Kier molecular flexibility index (Phi) is 4.21. The highest BCUT2D eigenvalue weighted by Crippen LogP contribution is 2.35. The van der Waals surface area contributed by atoms with Gasteiger partial charge in [-0.15, -0.1) is 0 Å². The molecule has 1 atom stereocenters. The number of nitro groups is 1. The van der Waals surface area contributed by atoms with Gasteiger partial charge < -0.3 is 20.3 Å². The number of H-pyrrole nitrogens is 3. The average Bonchev–Trinajstić information content (AvgIpc) is 3.33. The van der Waals surface area contributed by atoms with Crippen LogP contribution in [0.4, 0.5) is 5.69 Å². The minimum Gasteiger partial charge on any atom is -0.361 e. The van der Waals surface area contributed by atoms with Gasteiger partial charge >= 0.3 is 11.1 Å². The highest BCUT2D eigenvalue weighted by atomic mass is 16.6. The summed E-state index contributed by atoms with van der Waals surface area (Å²) in [6, 6.07) is 8.58. The second-order valence-electron chi connectivity index (χ2n) is 7.65. The molecule has 0 spiro atoms. The fourth-order valence-electron chi connectivity index (χ4n) is 4.37. The molecule has 1 aliphatic carbocycles. The SMILES string of the molecule is O=C(Cc1c[nH]c2ccccc12)NC1Cc2c([N+](=O)[O-])cc3[nH]c(=O)c(=O)[nH]c3c2C1. The molecule has 156 valence electrons. The molecule has 10 heteroatoms. The molecule has 4 N–H and O–H groups in total. The molecule has 5 rings (SSSR count). The van der Waals surface area contributed by atoms with Gasteiger partial charge in [-0.2, -0.15) is 0 Å². The minimum atomic E-state index is -0.872. The Morgan fingerprint density at radius 2 is 1.84 bits per heavy atom. The Hall–Kier alpha value is -4.21. The summed E-state index contributed by atoms with van der Waals surface area (Å²) < 4.78 is 0. The molecule has 2 aromatic heterocycles. The van der Waals surface area contributed by atoms with Gasteiger partial charge in [0.2, 0.25) is 5.91 Å². The van der Waals surface area contributed by atoms with Crippen LogP contribution < -0.4 is 16.4 Å². The summed E-state index contributed by atoms with van der Waals surface area (Å²) in [5, 5.41) is 15.5. The number of rotatable bonds is 4. The van der Waals surface area contributed by atoms with Crippen LogP contribution in [0.5, 0.6) is 0 Å². The van der Waals surface area contributed by atoms with E-state index in [0.29, 0.717) is 23.1 Å².